The van der Waals surface area contributed by atoms with E-state index in [1.54, 1.807) is 0 Å². The van der Waals surface area contributed by atoms with E-state index in [1.807, 2.05) is 0 Å². The highest BCUT2D eigenvalue weighted by Crippen LogP contribution is 2.20. The zero-order valence-corrected chi connectivity index (χ0v) is 7.96. The molecule has 1 aromatic rings. The first-order chi connectivity index (χ1) is 6.36. The Balaban J connectivity index is 2.51. The van der Waals surface area contributed by atoms with Crippen molar-refractivity contribution in [2.75, 3.05) is 0 Å². The fourth-order valence-electron chi connectivity index (χ4n) is 1.65. The highest BCUT2D eigenvalue weighted by atomic mass is 14.0. The van der Waals surface area contributed by atoms with Gasteiger partial charge in [0, 0.05) is 0 Å². The van der Waals surface area contributed by atoms with Crippen LogP contribution in [-0.4, -0.2) is 0 Å². The molecule has 0 fully saturated rings. The lowest BCUT2D eigenvalue weighted by atomic mass is 9.99. The standard InChI is InChI=1S/C13H14/c1-11-6-2-3-7-12-8-4-5-9-13(12)10-11/h3-5,7-10H,2,6H2,1H3/b7-3-,11-10-. The second-order valence-corrected chi connectivity index (χ2v) is 3.56. The molecule has 1 aliphatic rings. The topological polar surface area (TPSA) is 0 Å². The van der Waals surface area contributed by atoms with Gasteiger partial charge in [-0.05, 0) is 30.9 Å². The molecule has 0 atom stereocenters. The van der Waals surface area contributed by atoms with Gasteiger partial charge in [-0.3, -0.25) is 0 Å². The molecule has 0 radical (unpaired) electrons. The van der Waals surface area contributed by atoms with Gasteiger partial charge >= 0.3 is 0 Å². The summed E-state index contributed by atoms with van der Waals surface area (Å²) in [5.74, 6) is 0. The number of rotatable bonds is 0. The minimum atomic E-state index is 1.16. The van der Waals surface area contributed by atoms with Crippen molar-refractivity contribution in [3.63, 3.8) is 0 Å². The molecule has 0 heterocycles. The summed E-state index contributed by atoms with van der Waals surface area (Å²) in [6.07, 6.45) is 9.12. The predicted molar refractivity (Wildman–Crippen MR) is 58.4 cm³/mol. The molecule has 0 N–H and O–H groups in total. The molecule has 0 nitrogen and oxygen atoms in total. The number of hydrogen-bond donors (Lipinski definition) is 0. The third-order valence-electron chi connectivity index (χ3n) is 2.40. The first kappa shape index (κ1) is 8.31. The van der Waals surface area contributed by atoms with Crippen LogP contribution in [0.4, 0.5) is 0 Å². The molecule has 0 saturated carbocycles. The van der Waals surface area contributed by atoms with Gasteiger partial charge in [0.05, 0.1) is 0 Å². The molecule has 1 aliphatic carbocycles. The van der Waals surface area contributed by atoms with Crippen LogP contribution in [0.5, 0.6) is 0 Å². The van der Waals surface area contributed by atoms with Crippen molar-refractivity contribution in [1.29, 1.82) is 0 Å². The van der Waals surface area contributed by atoms with Crippen molar-refractivity contribution >= 4 is 12.2 Å². The van der Waals surface area contributed by atoms with Crippen molar-refractivity contribution in [3.8, 4) is 0 Å². The first-order valence-electron chi connectivity index (χ1n) is 4.79. The lowest BCUT2D eigenvalue weighted by molar-refractivity contribution is 0.987. The Morgan fingerprint density at radius 3 is 2.69 bits per heavy atom. The third kappa shape index (κ3) is 1.89. The number of benzene rings is 1. The largest absolute Gasteiger partial charge is 0.0836 e. The van der Waals surface area contributed by atoms with E-state index < -0.39 is 0 Å². The second kappa shape index (κ2) is 3.61. The molecular weight excluding hydrogens is 156 g/mol. The fraction of sp³-hybridized carbons (Fsp3) is 0.231. The fourth-order valence-corrected chi connectivity index (χ4v) is 1.65. The Morgan fingerprint density at radius 2 is 1.85 bits per heavy atom. The van der Waals surface area contributed by atoms with Gasteiger partial charge in [0.2, 0.25) is 0 Å². The third-order valence-corrected chi connectivity index (χ3v) is 2.40. The van der Waals surface area contributed by atoms with Crippen LogP contribution in [0, 0.1) is 0 Å². The lowest BCUT2D eigenvalue weighted by Crippen LogP contribution is -1.85. The Morgan fingerprint density at radius 1 is 1.08 bits per heavy atom. The SMILES string of the molecule is C/C1=C/c2ccccc2/C=C\CC1. The normalized spacial score (nSPS) is 22.1. The van der Waals surface area contributed by atoms with Crippen molar-refractivity contribution in [3.05, 3.63) is 47.0 Å². The van der Waals surface area contributed by atoms with Crippen LogP contribution < -0.4 is 0 Å². The van der Waals surface area contributed by atoms with E-state index in [2.05, 4.69) is 49.4 Å². The molecule has 0 amide bonds. The van der Waals surface area contributed by atoms with Crippen molar-refractivity contribution in [2.24, 2.45) is 0 Å². The van der Waals surface area contributed by atoms with Gasteiger partial charge in [-0.1, -0.05) is 48.1 Å². The van der Waals surface area contributed by atoms with Crippen LogP contribution in [-0.2, 0) is 0 Å². The molecule has 0 unspecified atom stereocenters. The zero-order valence-electron chi connectivity index (χ0n) is 7.96. The summed E-state index contributed by atoms with van der Waals surface area (Å²) in [5.41, 5.74) is 4.15. The van der Waals surface area contributed by atoms with Crippen LogP contribution >= 0.6 is 0 Å². The number of allylic oxidation sites excluding steroid dienone is 2. The summed E-state index contributed by atoms with van der Waals surface area (Å²) in [5, 5.41) is 0. The van der Waals surface area contributed by atoms with Crippen LogP contribution in [0.2, 0.25) is 0 Å². The highest BCUT2D eigenvalue weighted by molar-refractivity contribution is 5.67. The van der Waals surface area contributed by atoms with Crippen molar-refractivity contribution < 1.29 is 0 Å². The maximum atomic E-state index is 2.29. The average Bonchev–Trinajstić information content (AvgIpc) is 2.11. The van der Waals surface area contributed by atoms with Crippen LogP contribution in [0.3, 0.4) is 0 Å². The summed E-state index contributed by atoms with van der Waals surface area (Å²) in [6, 6.07) is 8.53. The molecule has 0 bridgehead atoms. The van der Waals surface area contributed by atoms with E-state index in [1.165, 1.54) is 23.1 Å². The van der Waals surface area contributed by atoms with E-state index in [9.17, 15) is 0 Å². The molecule has 0 aromatic heterocycles. The van der Waals surface area contributed by atoms with Crippen LogP contribution in [0.15, 0.2) is 35.9 Å². The summed E-state index contributed by atoms with van der Waals surface area (Å²) < 4.78 is 0. The monoisotopic (exact) mass is 170 g/mol. The van der Waals surface area contributed by atoms with Gasteiger partial charge < -0.3 is 0 Å². The van der Waals surface area contributed by atoms with E-state index in [0.717, 1.165) is 6.42 Å². The van der Waals surface area contributed by atoms with Gasteiger partial charge in [-0.25, -0.2) is 0 Å². The van der Waals surface area contributed by atoms with Gasteiger partial charge in [0.15, 0.2) is 0 Å². The van der Waals surface area contributed by atoms with Gasteiger partial charge in [0.25, 0.3) is 0 Å². The average molecular weight is 170 g/mol. The van der Waals surface area contributed by atoms with Gasteiger partial charge in [0.1, 0.15) is 0 Å². The molecule has 1 aromatic carbocycles. The Hall–Kier alpha value is -1.30. The summed E-state index contributed by atoms with van der Waals surface area (Å²) in [7, 11) is 0. The van der Waals surface area contributed by atoms with Crippen molar-refractivity contribution in [2.45, 2.75) is 19.8 Å². The van der Waals surface area contributed by atoms with Crippen LogP contribution in [0.1, 0.15) is 30.9 Å². The minimum absolute atomic E-state index is 1.16. The molecule has 0 saturated heterocycles. The van der Waals surface area contributed by atoms with Crippen LogP contribution in [0.25, 0.3) is 12.2 Å². The Kier molecular flexibility index (Phi) is 2.31. The Labute approximate surface area is 79.6 Å². The van der Waals surface area contributed by atoms with Gasteiger partial charge in [-0.15, -0.1) is 0 Å². The van der Waals surface area contributed by atoms with E-state index in [-0.39, 0.29) is 0 Å². The molecule has 2 rings (SSSR count). The highest BCUT2D eigenvalue weighted by Gasteiger charge is 1.98. The smallest absolute Gasteiger partial charge is 0.0185 e. The van der Waals surface area contributed by atoms with Gasteiger partial charge in [-0.2, -0.15) is 0 Å². The molecule has 0 spiro atoms. The minimum Gasteiger partial charge on any atom is -0.0836 e. The second-order valence-electron chi connectivity index (χ2n) is 3.56. The predicted octanol–water partition coefficient (Wildman–Crippen LogP) is 3.90. The Bertz CT molecular complexity index is 356. The zero-order chi connectivity index (χ0) is 9.10. The molecule has 0 aliphatic heterocycles. The molecule has 66 valence electrons. The van der Waals surface area contributed by atoms with E-state index in [4.69, 9.17) is 0 Å². The molecular formula is C13H14. The summed E-state index contributed by atoms with van der Waals surface area (Å²) >= 11 is 0. The quantitative estimate of drug-likeness (QED) is 0.554. The first-order valence-corrected chi connectivity index (χ1v) is 4.79. The number of hydrogen-bond acceptors (Lipinski definition) is 0. The molecule has 0 heteroatoms. The maximum Gasteiger partial charge on any atom is -0.0185 e. The molecule has 13 heavy (non-hydrogen) atoms. The number of fused-ring (bicyclic) bond motifs is 1. The summed E-state index contributed by atoms with van der Waals surface area (Å²) in [4.78, 5) is 0. The van der Waals surface area contributed by atoms with E-state index in [0.29, 0.717) is 0 Å². The lowest BCUT2D eigenvalue weighted by Gasteiger charge is -2.06. The van der Waals surface area contributed by atoms with Crippen molar-refractivity contribution in [1.82, 2.24) is 0 Å². The summed E-state index contributed by atoms with van der Waals surface area (Å²) in [6.45, 7) is 2.20. The van der Waals surface area contributed by atoms with E-state index >= 15 is 0 Å². The maximum absolute atomic E-state index is 2.29.